The molecule has 0 bridgehead atoms. The number of unbranched alkanes of at least 4 members (excludes halogenated alkanes) is 52. The molecule has 0 aromatic rings. The first-order valence-electron chi connectivity index (χ1n) is 44.2. The van der Waals surface area contributed by atoms with E-state index in [0.717, 1.165) is 57.8 Å². The molecule has 0 aromatic heterocycles. The molecule has 0 aromatic carbocycles. The molecule has 9 N–H and O–H groups in total. The summed E-state index contributed by atoms with van der Waals surface area (Å²) >= 11 is 0. The van der Waals surface area contributed by atoms with Crippen LogP contribution in [0.5, 0.6) is 0 Å². The van der Waals surface area contributed by atoms with E-state index in [9.17, 15) is 45.6 Å². The first kappa shape index (κ1) is 97.5. The Morgan fingerprint density at radius 3 is 1.06 bits per heavy atom. The van der Waals surface area contributed by atoms with Crippen LogP contribution in [0.1, 0.15) is 399 Å². The Morgan fingerprint density at radius 2 is 0.673 bits per heavy atom. The Morgan fingerprint density at radius 1 is 0.356 bits per heavy atom. The molecule has 0 spiro atoms. The second-order valence-corrected chi connectivity index (χ2v) is 31.0. The lowest BCUT2D eigenvalue weighted by molar-refractivity contribution is -0.359. The highest BCUT2D eigenvalue weighted by molar-refractivity contribution is 5.76. The van der Waals surface area contributed by atoms with Crippen LogP contribution in [0.3, 0.4) is 0 Å². The summed E-state index contributed by atoms with van der Waals surface area (Å²) in [7, 11) is 0. The molecule has 0 saturated carbocycles. The molecule has 12 unspecified atom stereocenters. The first-order valence-corrected chi connectivity index (χ1v) is 44.2. The third-order valence-electron chi connectivity index (χ3n) is 21.4. The van der Waals surface area contributed by atoms with Crippen LogP contribution < -0.4 is 5.32 Å². The van der Waals surface area contributed by atoms with Crippen LogP contribution in [-0.4, -0.2) is 140 Å². The van der Waals surface area contributed by atoms with E-state index in [1.54, 1.807) is 6.08 Å². The van der Waals surface area contributed by atoms with Gasteiger partial charge in [0.1, 0.15) is 48.8 Å². The second-order valence-electron chi connectivity index (χ2n) is 31.0. The second kappa shape index (κ2) is 73.2. The minimum atomic E-state index is -1.79. The molecule has 2 aliphatic heterocycles. The normalized spacial score (nSPS) is 21.8. The molecule has 2 aliphatic rings. The van der Waals surface area contributed by atoms with E-state index in [1.165, 1.54) is 308 Å². The van der Waals surface area contributed by atoms with Gasteiger partial charge in [0, 0.05) is 6.42 Å². The molecule has 0 aliphatic carbocycles. The average molecular weight is 1470 g/mol. The molecule has 2 fully saturated rings. The van der Waals surface area contributed by atoms with Crippen LogP contribution in [-0.2, 0) is 23.7 Å². The van der Waals surface area contributed by atoms with Gasteiger partial charge in [-0.2, -0.15) is 0 Å². The molecular weight excluding hydrogens is 1300 g/mol. The van der Waals surface area contributed by atoms with Crippen molar-refractivity contribution in [3.8, 4) is 0 Å². The fourth-order valence-electron chi connectivity index (χ4n) is 14.5. The minimum Gasteiger partial charge on any atom is -0.394 e. The van der Waals surface area contributed by atoms with Crippen molar-refractivity contribution < 1.29 is 64.6 Å². The standard InChI is InChI=1S/C90H165NO13/c1-3-5-7-9-11-13-15-17-19-21-23-25-27-29-31-33-35-36-37-38-39-40-41-42-44-46-48-50-52-54-56-58-60-62-64-66-68-70-72-74-82(95)91-78(77-101-89-87(100)85(98)88(81(76-93)103-89)104-90-86(99)84(97)83(96)80(75-92)102-90)79(94)73-71-69-67-65-63-61-59-57-55-53-51-49-47-45-43-34-32-30-28-26-24-22-20-18-16-14-12-10-8-6-4-2/h5,7,11,13,17,19,23,25,63,65,71,73,78-81,83-90,92-94,96-100H,3-4,6,8-10,12,14-16,18,20-22,24,26-62,64,66-70,72,74-77H2,1-2H3,(H,91,95)/b7-5-,13-11-,19-17-,25-23-,65-63+,73-71+. The van der Waals surface area contributed by atoms with E-state index < -0.39 is 86.8 Å². The number of carbonyl (C=O) groups is 1. The molecule has 12 atom stereocenters. The van der Waals surface area contributed by atoms with E-state index in [1.807, 2.05) is 6.08 Å². The van der Waals surface area contributed by atoms with Gasteiger partial charge in [-0.05, 0) is 70.6 Å². The van der Waals surface area contributed by atoms with Crippen molar-refractivity contribution in [2.75, 3.05) is 19.8 Å². The Balaban J connectivity index is 1.57. The summed E-state index contributed by atoms with van der Waals surface area (Å²) in [4.78, 5) is 13.4. The number of aliphatic hydroxyl groups excluding tert-OH is 8. The van der Waals surface area contributed by atoms with Crippen molar-refractivity contribution in [2.24, 2.45) is 0 Å². The minimum absolute atomic E-state index is 0.242. The van der Waals surface area contributed by atoms with E-state index >= 15 is 0 Å². The number of rotatable bonds is 75. The zero-order valence-electron chi connectivity index (χ0n) is 67.0. The Bertz CT molecular complexity index is 2030. The first-order chi connectivity index (χ1) is 51.1. The van der Waals surface area contributed by atoms with E-state index in [2.05, 4.69) is 79.9 Å². The average Bonchev–Trinajstić information content (AvgIpc) is 0.791. The maximum absolute atomic E-state index is 13.4. The lowest BCUT2D eigenvalue weighted by Gasteiger charge is -2.46. The molecule has 2 heterocycles. The summed E-state index contributed by atoms with van der Waals surface area (Å²) in [6, 6.07) is -0.934. The van der Waals surface area contributed by atoms with Crippen LogP contribution in [0, 0.1) is 0 Å². The molecule has 14 heteroatoms. The van der Waals surface area contributed by atoms with Crippen molar-refractivity contribution in [1.29, 1.82) is 0 Å². The van der Waals surface area contributed by atoms with E-state index in [0.29, 0.717) is 12.8 Å². The van der Waals surface area contributed by atoms with Gasteiger partial charge in [-0.15, -0.1) is 0 Å². The number of hydrogen-bond acceptors (Lipinski definition) is 13. The molecular formula is C90H165NO13. The fourth-order valence-corrected chi connectivity index (χ4v) is 14.5. The Kier molecular flexibility index (Phi) is 68.7. The smallest absolute Gasteiger partial charge is 0.220 e. The number of hydrogen-bond donors (Lipinski definition) is 9. The largest absolute Gasteiger partial charge is 0.394 e. The lowest BCUT2D eigenvalue weighted by Crippen LogP contribution is -2.65. The third kappa shape index (κ3) is 54.9. The van der Waals surface area contributed by atoms with Crippen LogP contribution in [0.15, 0.2) is 72.9 Å². The highest BCUT2D eigenvalue weighted by Gasteiger charge is 2.51. The van der Waals surface area contributed by atoms with Gasteiger partial charge in [0.05, 0.1) is 32.0 Å². The summed E-state index contributed by atoms with van der Waals surface area (Å²) in [5.41, 5.74) is 0. The summed E-state index contributed by atoms with van der Waals surface area (Å²) in [5.74, 6) is -0.242. The van der Waals surface area contributed by atoms with Crippen LogP contribution in [0.25, 0.3) is 0 Å². The van der Waals surface area contributed by atoms with Gasteiger partial charge in [0.25, 0.3) is 0 Å². The summed E-state index contributed by atoms with van der Waals surface area (Å²) in [6.45, 7) is 2.73. The molecule has 608 valence electrons. The van der Waals surface area contributed by atoms with Crippen LogP contribution in [0.4, 0.5) is 0 Å². The molecule has 2 rings (SSSR count). The van der Waals surface area contributed by atoms with Gasteiger partial charge in [0.15, 0.2) is 12.6 Å². The third-order valence-corrected chi connectivity index (χ3v) is 21.4. The number of amides is 1. The Hall–Kier alpha value is -2.57. The maximum Gasteiger partial charge on any atom is 0.220 e. The number of ether oxygens (including phenoxy) is 4. The van der Waals surface area contributed by atoms with Crippen molar-refractivity contribution in [3.05, 3.63) is 72.9 Å². The summed E-state index contributed by atoms with van der Waals surface area (Å²) in [6.07, 6.45) is 85.9. The number of nitrogens with one attached hydrogen (secondary N) is 1. The zero-order valence-corrected chi connectivity index (χ0v) is 67.0. The SMILES string of the molecule is CC/C=C\C/C=C\C/C=C\C/C=C\CCCCCCCCCCCCCCCCCCCCCCCCCCCCC(=O)NC(COC1OC(CO)C(OC2OC(CO)C(O)C(O)C2O)C(O)C1O)C(O)/C=C/CC/C=C/CCCCCCCCCCCCCCCCCCCCCCCCCCC. The number of allylic oxidation sites excluding steroid dienone is 11. The molecule has 14 nitrogen and oxygen atoms in total. The zero-order chi connectivity index (χ0) is 75.1. The van der Waals surface area contributed by atoms with Crippen molar-refractivity contribution in [3.63, 3.8) is 0 Å². The summed E-state index contributed by atoms with van der Waals surface area (Å²) < 4.78 is 22.9. The van der Waals surface area contributed by atoms with E-state index in [-0.39, 0.29) is 18.9 Å². The molecule has 1 amide bonds. The predicted octanol–water partition coefficient (Wildman–Crippen LogP) is 21.3. The van der Waals surface area contributed by atoms with E-state index in [4.69, 9.17) is 18.9 Å². The fraction of sp³-hybridized carbons (Fsp3) is 0.856. The van der Waals surface area contributed by atoms with Crippen molar-refractivity contribution in [2.45, 2.75) is 473 Å². The topological polar surface area (TPSA) is 228 Å². The van der Waals surface area contributed by atoms with Gasteiger partial charge in [-0.3, -0.25) is 4.79 Å². The van der Waals surface area contributed by atoms with Gasteiger partial charge < -0.3 is 65.1 Å². The maximum atomic E-state index is 13.4. The van der Waals surface area contributed by atoms with Crippen LogP contribution in [0.2, 0.25) is 0 Å². The Labute approximate surface area is 638 Å². The van der Waals surface area contributed by atoms with Gasteiger partial charge in [-0.1, -0.05) is 395 Å². The lowest BCUT2D eigenvalue weighted by atomic mass is 9.97. The molecule has 104 heavy (non-hydrogen) atoms. The molecule has 2 saturated heterocycles. The molecule has 0 radical (unpaired) electrons. The number of aliphatic hydroxyl groups is 8. The highest BCUT2D eigenvalue weighted by atomic mass is 16.7. The predicted molar refractivity (Wildman–Crippen MR) is 433 cm³/mol. The quantitative estimate of drug-likeness (QED) is 0.0204. The van der Waals surface area contributed by atoms with Crippen LogP contribution >= 0.6 is 0 Å². The van der Waals surface area contributed by atoms with Gasteiger partial charge >= 0.3 is 0 Å². The highest BCUT2D eigenvalue weighted by Crippen LogP contribution is 2.31. The van der Waals surface area contributed by atoms with Gasteiger partial charge in [-0.25, -0.2) is 0 Å². The van der Waals surface area contributed by atoms with Crippen molar-refractivity contribution >= 4 is 5.91 Å². The van der Waals surface area contributed by atoms with Gasteiger partial charge in [0.2, 0.25) is 5.91 Å². The number of carbonyl (C=O) groups excluding carboxylic acids is 1. The van der Waals surface area contributed by atoms with Crippen molar-refractivity contribution in [1.82, 2.24) is 5.32 Å². The monoisotopic (exact) mass is 1470 g/mol. The summed E-state index contributed by atoms with van der Waals surface area (Å²) in [5, 5.41) is 87.8.